The molecule has 18 heavy (non-hydrogen) atoms. The number of rotatable bonds is 7. The lowest BCUT2D eigenvalue weighted by Crippen LogP contribution is -2.25. The van der Waals surface area contributed by atoms with Crippen molar-refractivity contribution in [2.24, 2.45) is 0 Å². The number of carbonyl (C=O) groups excluding carboxylic acids is 1. The third kappa shape index (κ3) is 4.63. The van der Waals surface area contributed by atoms with Gasteiger partial charge in [-0.2, -0.15) is 0 Å². The summed E-state index contributed by atoms with van der Waals surface area (Å²) in [4.78, 5) is 11.8. The zero-order chi connectivity index (χ0) is 13.4. The van der Waals surface area contributed by atoms with Gasteiger partial charge in [0.15, 0.2) is 0 Å². The highest BCUT2D eigenvalue weighted by atomic mass is 16.5. The van der Waals surface area contributed by atoms with E-state index in [1.807, 2.05) is 0 Å². The van der Waals surface area contributed by atoms with Crippen molar-refractivity contribution in [3.05, 3.63) is 23.8 Å². The van der Waals surface area contributed by atoms with E-state index >= 15 is 0 Å². The highest BCUT2D eigenvalue weighted by Gasteiger charge is 2.08. The lowest BCUT2D eigenvalue weighted by atomic mass is 10.1. The Morgan fingerprint density at radius 2 is 2.06 bits per heavy atom. The molecule has 5 heteroatoms. The lowest BCUT2D eigenvalue weighted by molar-refractivity contribution is 0.0953. The zero-order valence-corrected chi connectivity index (χ0v) is 10.7. The quantitative estimate of drug-likeness (QED) is 0.504. The molecule has 0 aromatic heterocycles. The van der Waals surface area contributed by atoms with E-state index in [-0.39, 0.29) is 5.91 Å². The molecule has 0 spiro atoms. The summed E-state index contributed by atoms with van der Waals surface area (Å²) in [5.74, 6) is -0.153. The van der Waals surface area contributed by atoms with Crippen LogP contribution >= 0.6 is 0 Å². The van der Waals surface area contributed by atoms with Crippen LogP contribution in [0.4, 0.5) is 11.4 Å². The van der Waals surface area contributed by atoms with E-state index in [9.17, 15) is 4.79 Å². The number of unbranched alkanes of at least 4 members (excludes halogenated alkanes) is 2. The van der Waals surface area contributed by atoms with Gasteiger partial charge in [-0.05, 0) is 37.5 Å². The average molecular weight is 251 g/mol. The Bertz CT molecular complexity index is 394. The van der Waals surface area contributed by atoms with Crippen LogP contribution in [-0.2, 0) is 4.74 Å². The summed E-state index contributed by atoms with van der Waals surface area (Å²) in [7, 11) is 1.69. The van der Waals surface area contributed by atoms with Crippen molar-refractivity contribution in [3.8, 4) is 0 Å². The van der Waals surface area contributed by atoms with Gasteiger partial charge >= 0.3 is 0 Å². The van der Waals surface area contributed by atoms with Crippen molar-refractivity contribution in [2.75, 3.05) is 31.7 Å². The van der Waals surface area contributed by atoms with E-state index < -0.39 is 0 Å². The molecule has 5 N–H and O–H groups in total. The van der Waals surface area contributed by atoms with Gasteiger partial charge in [-0.1, -0.05) is 0 Å². The molecular formula is C13H21N3O2. The maximum atomic E-state index is 11.8. The minimum Gasteiger partial charge on any atom is -0.399 e. The number of ether oxygens (including phenoxy) is 1. The molecule has 0 aliphatic heterocycles. The summed E-state index contributed by atoms with van der Waals surface area (Å²) < 4.78 is 4.95. The van der Waals surface area contributed by atoms with Crippen molar-refractivity contribution in [3.63, 3.8) is 0 Å². The van der Waals surface area contributed by atoms with Crippen LogP contribution in [0.5, 0.6) is 0 Å². The van der Waals surface area contributed by atoms with Crippen molar-refractivity contribution in [1.82, 2.24) is 5.32 Å². The standard InChI is InChI=1S/C13H21N3O2/c1-18-8-4-2-3-7-16-13(17)11-6-5-10(14)9-12(11)15/h5-6,9H,2-4,7-8,14-15H2,1H3,(H,16,17). The fraction of sp³-hybridized carbons (Fsp3) is 0.462. The van der Waals surface area contributed by atoms with Crippen LogP contribution in [0.15, 0.2) is 18.2 Å². The number of anilines is 2. The van der Waals surface area contributed by atoms with E-state index in [1.165, 1.54) is 0 Å². The number of hydrogen-bond acceptors (Lipinski definition) is 4. The van der Waals surface area contributed by atoms with E-state index in [4.69, 9.17) is 16.2 Å². The maximum absolute atomic E-state index is 11.8. The van der Waals surface area contributed by atoms with Crippen molar-refractivity contribution in [1.29, 1.82) is 0 Å². The molecular weight excluding hydrogens is 230 g/mol. The number of benzene rings is 1. The first-order valence-electron chi connectivity index (χ1n) is 6.07. The molecule has 100 valence electrons. The van der Waals surface area contributed by atoms with Gasteiger partial charge < -0.3 is 21.5 Å². The Morgan fingerprint density at radius 1 is 1.28 bits per heavy atom. The second-order valence-electron chi connectivity index (χ2n) is 4.16. The van der Waals surface area contributed by atoms with Gasteiger partial charge in [-0.3, -0.25) is 4.79 Å². The van der Waals surface area contributed by atoms with Crippen LogP contribution in [-0.4, -0.2) is 26.2 Å². The summed E-state index contributed by atoms with van der Waals surface area (Å²) in [5.41, 5.74) is 12.7. The van der Waals surface area contributed by atoms with Crippen LogP contribution in [0.2, 0.25) is 0 Å². The van der Waals surface area contributed by atoms with Gasteiger partial charge in [0.2, 0.25) is 0 Å². The molecule has 1 rings (SSSR count). The number of nitrogen functional groups attached to an aromatic ring is 2. The molecule has 5 nitrogen and oxygen atoms in total. The number of nitrogens with one attached hydrogen (secondary N) is 1. The highest BCUT2D eigenvalue weighted by molar-refractivity contribution is 5.99. The second-order valence-corrected chi connectivity index (χ2v) is 4.16. The predicted molar refractivity (Wildman–Crippen MR) is 73.3 cm³/mol. The molecule has 0 heterocycles. The minimum atomic E-state index is -0.153. The second kappa shape index (κ2) is 7.55. The van der Waals surface area contributed by atoms with Gasteiger partial charge in [0.1, 0.15) is 0 Å². The van der Waals surface area contributed by atoms with Gasteiger partial charge in [0.25, 0.3) is 5.91 Å². The van der Waals surface area contributed by atoms with E-state index in [0.29, 0.717) is 23.5 Å². The van der Waals surface area contributed by atoms with Crippen LogP contribution in [0.3, 0.4) is 0 Å². The summed E-state index contributed by atoms with van der Waals surface area (Å²) in [5, 5.41) is 2.84. The average Bonchev–Trinajstić information content (AvgIpc) is 2.33. The normalized spacial score (nSPS) is 10.3. The van der Waals surface area contributed by atoms with Crippen LogP contribution in [0.1, 0.15) is 29.6 Å². The molecule has 0 aliphatic carbocycles. The first-order chi connectivity index (χ1) is 8.65. The first kappa shape index (κ1) is 14.3. The smallest absolute Gasteiger partial charge is 0.253 e. The largest absolute Gasteiger partial charge is 0.399 e. The summed E-state index contributed by atoms with van der Waals surface area (Å²) in [6.45, 7) is 1.41. The van der Waals surface area contributed by atoms with Crippen molar-refractivity contribution >= 4 is 17.3 Å². The number of methoxy groups -OCH3 is 1. The molecule has 0 aliphatic rings. The summed E-state index contributed by atoms with van der Waals surface area (Å²) >= 11 is 0. The van der Waals surface area contributed by atoms with Gasteiger partial charge in [0.05, 0.1) is 5.56 Å². The van der Waals surface area contributed by atoms with E-state index in [2.05, 4.69) is 5.32 Å². The molecule has 0 saturated heterocycles. The van der Waals surface area contributed by atoms with E-state index in [0.717, 1.165) is 25.9 Å². The van der Waals surface area contributed by atoms with Gasteiger partial charge in [-0.15, -0.1) is 0 Å². The van der Waals surface area contributed by atoms with Crippen LogP contribution in [0.25, 0.3) is 0 Å². The molecule has 0 atom stereocenters. The highest BCUT2D eigenvalue weighted by Crippen LogP contribution is 2.15. The molecule has 0 unspecified atom stereocenters. The van der Waals surface area contributed by atoms with E-state index in [1.54, 1.807) is 25.3 Å². The number of hydrogen-bond donors (Lipinski definition) is 3. The Hall–Kier alpha value is -1.75. The number of nitrogens with two attached hydrogens (primary N) is 2. The zero-order valence-electron chi connectivity index (χ0n) is 10.7. The Morgan fingerprint density at radius 3 is 2.72 bits per heavy atom. The van der Waals surface area contributed by atoms with Crippen LogP contribution in [0, 0.1) is 0 Å². The monoisotopic (exact) mass is 251 g/mol. The van der Waals surface area contributed by atoms with Gasteiger partial charge in [-0.25, -0.2) is 0 Å². The maximum Gasteiger partial charge on any atom is 0.253 e. The summed E-state index contributed by atoms with van der Waals surface area (Å²) in [6.07, 6.45) is 2.98. The third-order valence-corrected chi connectivity index (χ3v) is 2.63. The lowest BCUT2D eigenvalue weighted by Gasteiger charge is -2.08. The third-order valence-electron chi connectivity index (χ3n) is 2.63. The van der Waals surface area contributed by atoms with Gasteiger partial charge in [0, 0.05) is 31.6 Å². The Labute approximate surface area is 107 Å². The molecule has 1 aromatic rings. The molecule has 0 bridgehead atoms. The predicted octanol–water partition coefficient (Wildman–Crippen LogP) is 1.40. The summed E-state index contributed by atoms with van der Waals surface area (Å²) in [6, 6.07) is 4.91. The molecule has 0 fully saturated rings. The Kier molecular flexibility index (Phi) is 6.00. The topological polar surface area (TPSA) is 90.4 Å². The Balaban J connectivity index is 2.32. The van der Waals surface area contributed by atoms with Crippen molar-refractivity contribution in [2.45, 2.75) is 19.3 Å². The number of amides is 1. The fourth-order valence-corrected chi connectivity index (χ4v) is 1.63. The minimum absolute atomic E-state index is 0.153. The first-order valence-corrected chi connectivity index (χ1v) is 6.07. The fourth-order valence-electron chi connectivity index (χ4n) is 1.63. The molecule has 0 saturated carbocycles. The SMILES string of the molecule is COCCCCCNC(=O)c1ccc(N)cc1N. The van der Waals surface area contributed by atoms with Crippen LogP contribution < -0.4 is 16.8 Å². The van der Waals surface area contributed by atoms with Crippen molar-refractivity contribution < 1.29 is 9.53 Å². The number of carbonyl (C=O) groups is 1. The molecule has 0 radical (unpaired) electrons. The molecule has 1 aromatic carbocycles. The molecule has 1 amide bonds.